The van der Waals surface area contributed by atoms with E-state index in [-0.39, 0.29) is 18.9 Å². The van der Waals surface area contributed by atoms with Gasteiger partial charge in [0, 0.05) is 37.7 Å². The Morgan fingerprint density at radius 1 is 0.850 bits per heavy atom. The minimum atomic E-state index is -0.996. The Kier molecular flexibility index (Phi) is 18.7. The number of nitrogens with one attached hydrogen (secondary N) is 1. The van der Waals surface area contributed by atoms with Crippen LogP contribution in [0.3, 0.4) is 0 Å². The van der Waals surface area contributed by atoms with Gasteiger partial charge in [0.1, 0.15) is 6.04 Å². The summed E-state index contributed by atoms with van der Waals surface area (Å²) in [5.41, 5.74) is 5.71. The summed E-state index contributed by atoms with van der Waals surface area (Å²) < 4.78 is 0. The van der Waals surface area contributed by atoms with Crippen molar-refractivity contribution in [2.45, 2.75) is 66.5 Å². The highest BCUT2D eigenvalue weighted by Gasteiger charge is 2.29. The quantitative estimate of drug-likeness (QED) is 0.239. The fourth-order valence-electron chi connectivity index (χ4n) is 4.02. The molecule has 216 valence electrons. The lowest BCUT2D eigenvalue weighted by molar-refractivity contribution is -0.150. The smallest absolute Gasteiger partial charge is 0.326 e. The highest BCUT2D eigenvalue weighted by Crippen LogP contribution is 2.28. The van der Waals surface area contributed by atoms with E-state index < -0.39 is 12.0 Å². The van der Waals surface area contributed by atoms with Gasteiger partial charge < -0.3 is 15.3 Å². The standard InChI is InChI=1S/C29H32N2O3.2C2H6.C2H4/c1-4-10-28(32)31(27(29(33)34)19-22-11-6-5-7-12-22)20-23-15-17-24(18-16-23)26-14-9-8-13-25(26)21(2)30-3;3*1-2/h5-9,11-18,27,30H,2,4,10,19-20H2,1,3H3,(H,33,34);2*1-2H3;1-2H2. The van der Waals surface area contributed by atoms with Gasteiger partial charge in [-0.05, 0) is 28.7 Å². The molecule has 0 bridgehead atoms. The zero-order chi connectivity index (χ0) is 30.5. The highest BCUT2D eigenvalue weighted by molar-refractivity contribution is 5.84. The number of rotatable bonds is 11. The Labute approximate surface area is 242 Å². The minimum Gasteiger partial charge on any atom is -0.480 e. The summed E-state index contributed by atoms with van der Waals surface area (Å²) in [6, 6.07) is 24.5. The fourth-order valence-corrected chi connectivity index (χ4v) is 4.02. The topological polar surface area (TPSA) is 69.6 Å². The fraction of sp³-hybridized carbons (Fsp3) is 0.314. The zero-order valence-electron chi connectivity index (χ0n) is 25.2. The van der Waals surface area contributed by atoms with Crippen LogP contribution in [0, 0.1) is 0 Å². The van der Waals surface area contributed by atoms with E-state index >= 15 is 0 Å². The number of amides is 1. The van der Waals surface area contributed by atoms with Gasteiger partial charge in [-0.25, -0.2) is 4.79 Å². The summed E-state index contributed by atoms with van der Waals surface area (Å²) in [5.74, 6) is -1.14. The van der Waals surface area contributed by atoms with E-state index in [4.69, 9.17) is 0 Å². The molecule has 0 aliphatic heterocycles. The molecule has 5 nitrogen and oxygen atoms in total. The number of hydrogen-bond acceptors (Lipinski definition) is 3. The molecule has 0 saturated carbocycles. The van der Waals surface area contributed by atoms with Crippen molar-refractivity contribution in [1.29, 1.82) is 0 Å². The second-order valence-electron chi connectivity index (χ2n) is 8.29. The summed E-state index contributed by atoms with van der Waals surface area (Å²) in [5, 5.41) is 13.1. The minimum absolute atomic E-state index is 0.148. The van der Waals surface area contributed by atoms with Gasteiger partial charge in [0.25, 0.3) is 0 Å². The molecule has 0 saturated heterocycles. The molecule has 0 aliphatic carbocycles. The van der Waals surface area contributed by atoms with Gasteiger partial charge in [-0.2, -0.15) is 0 Å². The Balaban J connectivity index is 0.00000237. The molecule has 0 aromatic heterocycles. The molecule has 3 aromatic carbocycles. The summed E-state index contributed by atoms with van der Waals surface area (Å²) in [6.45, 7) is 20.3. The van der Waals surface area contributed by atoms with Crippen LogP contribution in [-0.4, -0.2) is 35.0 Å². The summed E-state index contributed by atoms with van der Waals surface area (Å²) in [6.07, 6.45) is 1.25. The van der Waals surface area contributed by atoms with Gasteiger partial charge in [-0.3, -0.25) is 4.79 Å². The zero-order valence-corrected chi connectivity index (χ0v) is 25.2. The second kappa shape index (κ2) is 20.8. The first kappa shape index (κ1) is 35.9. The molecule has 0 fully saturated rings. The summed E-state index contributed by atoms with van der Waals surface area (Å²) in [4.78, 5) is 26.7. The first-order chi connectivity index (χ1) is 19.4. The third-order valence-electron chi connectivity index (χ3n) is 5.89. The Bertz CT molecular complexity index is 1140. The SMILES string of the molecule is C=C.C=C(NC)c1ccccc1-c1ccc(CN(C(=O)CCC)C(Cc2ccccc2)C(=O)O)cc1.CC.CC. The second-order valence-corrected chi connectivity index (χ2v) is 8.29. The lowest BCUT2D eigenvalue weighted by Gasteiger charge is -2.29. The number of carboxylic acid groups (broad SMARTS) is 1. The van der Waals surface area contributed by atoms with E-state index in [0.717, 1.165) is 33.5 Å². The van der Waals surface area contributed by atoms with Crippen molar-refractivity contribution in [2.75, 3.05) is 7.05 Å². The van der Waals surface area contributed by atoms with Crippen LogP contribution in [0.1, 0.15) is 64.2 Å². The number of carbonyl (C=O) groups excluding carboxylic acids is 1. The predicted molar refractivity (Wildman–Crippen MR) is 171 cm³/mol. The number of aliphatic carboxylic acids is 1. The third kappa shape index (κ3) is 10.9. The van der Waals surface area contributed by atoms with E-state index in [9.17, 15) is 14.7 Å². The molecule has 0 spiro atoms. The summed E-state index contributed by atoms with van der Waals surface area (Å²) >= 11 is 0. The molecular weight excluding hydrogens is 496 g/mol. The molecule has 0 radical (unpaired) electrons. The first-order valence-electron chi connectivity index (χ1n) is 14.1. The summed E-state index contributed by atoms with van der Waals surface area (Å²) in [7, 11) is 1.85. The first-order valence-corrected chi connectivity index (χ1v) is 14.1. The van der Waals surface area contributed by atoms with E-state index in [0.29, 0.717) is 12.8 Å². The average molecular weight is 545 g/mol. The maximum Gasteiger partial charge on any atom is 0.326 e. The molecular formula is C35H48N2O3. The molecule has 3 rings (SSSR count). The Hall–Kier alpha value is -4.12. The third-order valence-corrected chi connectivity index (χ3v) is 5.89. The van der Waals surface area contributed by atoms with Gasteiger partial charge in [0.05, 0.1) is 0 Å². The lowest BCUT2D eigenvalue weighted by Crippen LogP contribution is -2.45. The van der Waals surface area contributed by atoms with E-state index in [2.05, 4.69) is 25.1 Å². The van der Waals surface area contributed by atoms with Crippen LogP contribution >= 0.6 is 0 Å². The van der Waals surface area contributed by atoms with Crippen molar-refractivity contribution in [2.24, 2.45) is 0 Å². The van der Waals surface area contributed by atoms with Crippen LogP contribution < -0.4 is 5.32 Å². The monoisotopic (exact) mass is 544 g/mol. The van der Waals surface area contributed by atoms with Gasteiger partial charge in [-0.15, -0.1) is 13.2 Å². The highest BCUT2D eigenvalue weighted by atomic mass is 16.4. The number of carboxylic acids is 1. The largest absolute Gasteiger partial charge is 0.480 e. The van der Waals surface area contributed by atoms with Crippen LogP contribution in [0.4, 0.5) is 0 Å². The molecule has 1 unspecified atom stereocenters. The van der Waals surface area contributed by atoms with Crippen LogP contribution in [0.15, 0.2) is 98.6 Å². The van der Waals surface area contributed by atoms with Crippen LogP contribution in [0.25, 0.3) is 16.8 Å². The number of benzene rings is 3. The van der Waals surface area contributed by atoms with Gasteiger partial charge >= 0.3 is 5.97 Å². The maximum absolute atomic E-state index is 13.0. The molecule has 0 aliphatic rings. The molecule has 1 amide bonds. The van der Waals surface area contributed by atoms with E-state index in [1.807, 2.05) is 121 Å². The van der Waals surface area contributed by atoms with Crippen LogP contribution in [0.5, 0.6) is 0 Å². The lowest BCUT2D eigenvalue weighted by atomic mass is 9.97. The Morgan fingerprint density at radius 3 is 1.93 bits per heavy atom. The van der Waals surface area contributed by atoms with Crippen molar-refractivity contribution in [3.05, 3.63) is 115 Å². The maximum atomic E-state index is 13.0. The molecule has 5 heteroatoms. The van der Waals surface area contributed by atoms with Crippen molar-refractivity contribution >= 4 is 17.6 Å². The van der Waals surface area contributed by atoms with Crippen LogP contribution in [-0.2, 0) is 22.6 Å². The number of hydrogen-bond donors (Lipinski definition) is 2. The van der Waals surface area contributed by atoms with E-state index in [1.165, 1.54) is 4.90 Å². The molecule has 3 aromatic rings. The normalized spacial score (nSPS) is 10.2. The van der Waals surface area contributed by atoms with Gasteiger partial charge in [0.2, 0.25) is 5.91 Å². The van der Waals surface area contributed by atoms with Crippen molar-refractivity contribution in [1.82, 2.24) is 10.2 Å². The molecule has 0 heterocycles. The number of carbonyl (C=O) groups is 2. The number of nitrogens with zero attached hydrogens (tertiary/aromatic N) is 1. The predicted octanol–water partition coefficient (Wildman–Crippen LogP) is 8.22. The van der Waals surface area contributed by atoms with Gasteiger partial charge in [0.15, 0.2) is 0 Å². The average Bonchev–Trinajstić information content (AvgIpc) is 3.02. The van der Waals surface area contributed by atoms with Crippen molar-refractivity contribution < 1.29 is 14.7 Å². The molecule has 1 atom stereocenters. The van der Waals surface area contributed by atoms with E-state index in [1.54, 1.807) is 0 Å². The van der Waals surface area contributed by atoms with Crippen LogP contribution in [0.2, 0.25) is 0 Å². The molecule has 2 N–H and O–H groups in total. The molecule has 40 heavy (non-hydrogen) atoms. The van der Waals surface area contributed by atoms with Gasteiger partial charge in [-0.1, -0.05) is 120 Å². The van der Waals surface area contributed by atoms with Crippen molar-refractivity contribution in [3.63, 3.8) is 0 Å². The Morgan fingerprint density at radius 2 is 1.40 bits per heavy atom. The van der Waals surface area contributed by atoms with Crippen molar-refractivity contribution in [3.8, 4) is 11.1 Å².